The molecule has 0 bridgehead atoms. The molecule has 1 fully saturated rings. The highest BCUT2D eigenvalue weighted by atomic mass is 32.2. The second-order valence-corrected chi connectivity index (χ2v) is 8.44. The van der Waals surface area contributed by atoms with Gasteiger partial charge in [0.2, 0.25) is 10.0 Å². The van der Waals surface area contributed by atoms with Crippen molar-refractivity contribution in [3.8, 4) is 0 Å². The van der Waals surface area contributed by atoms with E-state index in [1.54, 1.807) is 24.3 Å². The van der Waals surface area contributed by atoms with Crippen LogP contribution in [0.3, 0.4) is 0 Å². The van der Waals surface area contributed by atoms with Crippen molar-refractivity contribution in [3.05, 3.63) is 64.6 Å². The van der Waals surface area contributed by atoms with Crippen LogP contribution in [0, 0.1) is 11.6 Å². The van der Waals surface area contributed by atoms with Crippen LogP contribution in [-0.4, -0.2) is 48.4 Å². The van der Waals surface area contributed by atoms with Gasteiger partial charge < -0.3 is 4.42 Å². The summed E-state index contributed by atoms with van der Waals surface area (Å²) in [5, 5.41) is 0. The maximum absolute atomic E-state index is 13.4. The maximum atomic E-state index is 13.4. The molecular weight excluding hydrogens is 392 g/mol. The van der Waals surface area contributed by atoms with Crippen LogP contribution in [0.25, 0.3) is 11.1 Å². The van der Waals surface area contributed by atoms with Gasteiger partial charge in [-0.1, -0.05) is 12.1 Å². The van der Waals surface area contributed by atoms with E-state index in [1.807, 2.05) is 4.90 Å². The van der Waals surface area contributed by atoms with Crippen molar-refractivity contribution in [3.63, 3.8) is 0 Å². The third-order valence-electron chi connectivity index (χ3n) is 4.78. The first-order valence-corrected chi connectivity index (χ1v) is 10.1. The van der Waals surface area contributed by atoms with Gasteiger partial charge in [-0.15, -0.1) is 0 Å². The number of oxazole rings is 1. The number of fused-ring (bicyclic) bond motifs is 1. The summed E-state index contributed by atoms with van der Waals surface area (Å²) in [7, 11) is -3.92. The number of benzene rings is 2. The standard InChI is InChI=1S/C18H17F2N3O4S/c19-14-6-5-13(11-15(14)20)28(25,26)22-9-7-21(8-10-22)12-23-16-3-1-2-4-17(16)27-18(23)24/h1-6,11H,7-10,12H2. The summed E-state index contributed by atoms with van der Waals surface area (Å²) >= 11 is 0. The van der Waals surface area contributed by atoms with Gasteiger partial charge in [-0.25, -0.2) is 22.0 Å². The van der Waals surface area contributed by atoms with E-state index in [0.29, 0.717) is 30.3 Å². The van der Waals surface area contributed by atoms with Crippen molar-refractivity contribution < 1.29 is 21.6 Å². The third-order valence-corrected chi connectivity index (χ3v) is 6.67. The van der Waals surface area contributed by atoms with Crippen LogP contribution in [0.4, 0.5) is 8.78 Å². The van der Waals surface area contributed by atoms with Gasteiger partial charge in [0.1, 0.15) is 0 Å². The smallest absolute Gasteiger partial charge is 0.408 e. The Morgan fingerprint density at radius 2 is 1.68 bits per heavy atom. The maximum Gasteiger partial charge on any atom is 0.421 e. The molecule has 148 valence electrons. The molecular formula is C18H17F2N3O4S. The lowest BCUT2D eigenvalue weighted by Gasteiger charge is -2.33. The largest absolute Gasteiger partial charge is 0.421 e. The van der Waals surface area contributed by atoms with Gasteiger partial charge in [0.15, 0.2) is 17.2 Å². The van der Waals surface area contributed by atoms with E-state index in [-0.39, 0.29) is 24.7 Å². The Morgan fingerprint density at radius 1 is 0.964 bits per heavy atom. The Kier molecular flexibility index (Phi) is 4.77. The summed E-state index contributed by atoms with van der Waals surface area (Å²) in [5.41, 5.74) is 1.16. The Balaban J connectivity index is 1.47. The fourth-order valence-corrected chi connectivity index (χ4v) is 4.68. The summed E-state index contributed by atoms with van der Waals surface area (Å²) in [5.74, 6) is -2.77. The summed E-state index contributed by atoms with van der Waals surface area (Å²) in [4.78, 5) is 13.7. The lowest BCUT2D eigenvalue weighted by Crippen LogP contribution is -2.49. The van der Waals surface area contributed by atoms with Crippen molar-refractivity contribution >= 4 is 21.1 Å². The molecule has 0 unspecified atom stereocenters. The highest BCUT2D eigenvalue weighted by Gasteiger charge is 2.29. The topological polar surface area (TPSA) is 75.8 Å². The lowest BCUT2D eigenvalue weighted by molar-refractivity contribution is 0.150. The minimum Gasteiger partial charge on any atom is -0.408 e. The molecule has 1 aromatic heterocycles. The number of hydrogen-bond donors (Lipinski definition) is 0. The quantitative estimate of drug-likeness (QED) is 0.657. The van der Waals surface area contributed by atoms with Gasteiger partial charge in [0.25, 0.3) is 0 Å². The van der Waals surface area contributed by atoms with Gasteiger partial charge in [-0.05, 0) is 30.3 Å². The molecule has 0 spiro atoms. The zero-order valence-corrected chi connectivity index (χ0v) is 15.5. The minimum absolute atomic E-state index is 0.172. The molecule has 2 heterocycles. The Bertz CT molecular complexity index is 1180. The predicted octanol–water partition coefficient (Wildman–Crippen LogP) is 1.84. The highest BCUT2D eigenvalue weighted by Crippen LogP contribution is 2.20. The van der Waals surface area contributed by atoms with Gasteiger partial charge in [0, 0.05) is 26.2 Å². The van der Waals surface area contributed by atoms with Gasteiger partial charge in [-0.2, -0.15) is 4.31 Å². The van der Waals surface area contributed by atoms with E-state index in [1.165, 1.54) is 8.87 Å². The zero-order valence-electron chi connectivity index (χ0n) is 14.7. The molecule has 10 heteroatoms. The van der Waals surface area contributed by atoms with Crippen LogP contribution in [-0.2, 0) is 16.7 Å². The molecule has 0 radical (unpaired) electrons. The normalized spacial score (nSPS) is 16.6. The van der Waals surface area contributed by atoms with E-state index >= 15 is 0 Å². The van der Waals surface area contributed by atoms with E-state index in [2.05, 4.69) is 0 Å². The van der Waals surface area contributed by atoms with Crippen molar-refractivity contribution in [1.29, 1.82) is 0 Å². The van der Waals surface area contributed by atoms with Crippen LogP contribution < -0.4 is 5.76 Å². The number of halogens is 2. The number of aromatic nitrogens is 1. The summed E-state index contributed by atoms with van der Waals surface area (Å²) in [6.07, 6.45) is 0. The highest BCUT2D eigenvalue weighted by molar-refractivity contribution is 7.89. The molecule has 0 amide bonds. The molecule has 0 atom stereocenters. The van der Waals surface area contributed by atoms with Crippen LogP contribution in [0.1, 0.15) is 0 Å². The van der Waals surface area contributed by atoms with E-state index in [4.69, 9.17) is 4.42 Å². The van der Waals surface area contributed by atoms with Crippen molar-refractivity contribution in [2.24, 2.45) is 0 Å². The zero-order chi connectivity index (χ0) is 19.9. The van der Waals surface area contributed by atoms with Gasteiger partial charge >= 0.3 is 5.76 Å². The molecule has 0 aliphatic carbocycles. The van der Waals surface area contributed by atoms with Crippen LogP contribution in [0.15, 0.2) is 56.6 Å². The Morgan fingerprint density at radius 3 is 2.39 bits per heavy atom. The van der Waals surface area contributed by atoms with E-state index in [0.717, 1.165) is 12.1 Å². The summed E-state index contributed by atoms with van der Waals surface area (Å²) in [6, 6.07) is 9.61. The molecule has 1 saturated heterocycles. The molecule has 1 aliphatic rings. The van der Waals surface area contributed by atoms with E-state index in [9.17, 15) is 22.0 Å². The number of piperazine rings is 1. The lowest BCUT2D eigenvalue weighted by atomic mass is 10.3. The number of hydrogen-bond acceptors (Lipinski definition) is 5. The number of sulfonamides is 1. The average Bonchev–Trinajstić information content (AvgIpc) is 3.00. The SMILES string of the molecule is O=c1oc2ccccc2n1CN1CCN(S(=O)(=O)c2ccc(F)c(F)c2)CC1. The monoisotopic (exact) mass is 409 g/mol. The van der Waals surface area contributed by atoms with Crippen LogP contribution in [0.5, 0.6) is 0 Å². The first-order valence-electron chi connectivity index (χ1n) is 8.62. The molecule has 0 saturated carbocycles. The van der Waals surface area contributed by atoms with Gasteiger partial charge in [0.05, 0.1) is 17.1 Å². The number of nitrogens with zero attached hydrogens (tertiary/aromatic N) is 3. The Labute approximate surface area is 159 Å². The first kappa shape index (κ1) is 18.8. The predicted molar refractivity (Wildman–Crippen MR) is 97.2 cm³/mol. The molecule has 2 aromatic carbocycles. The molecule has 7 nitrogen and oxygen atoms in total. The Hall–Kier alpha value is -2.56. The van der Waals surface area contributed by atoms with Crippen molar-refractivity contribution in [1.82, 2.24) is 13.8 Å². The second kappa shape index (κ2) is 7.12. The van der Waals surface area contributed by atoms with Crippen LogP contribution in [0.2, 0.25) is 0 Å². The molecule has 0 N–H and O–H groups in total. The molecule has 28 heavy (non-hydrogen) atoms. The summed E-state index contributed by atoms with van der Waals surface area (Å²) < 4.78 is 59.7. The van der Waals surface area contributed by atoms with E-state index < -0.39 is 27.4 Å². The summed E-state index contributed by atoms with van der Waals surface area (Å²) in [6.45, 7) is 1.39. The minimum atomic E-state index is -3.92. The number of para-hydroxylation sites is 2. The van der Waals surface area contributed by atoms with Crippen molar-refractivity contribution in [2.75, 3.05) is 26.2 Å². The van der Waals surface area contributed by atoms with Gasteiger partial charge in [-0.3, -0.25) is 9.47 Å². The fraction of sp³-hybridized carbons (Fsp3) is 0.278. The molecule has 3 aromatic rings. The third kappa shape index (κ3) is 3.34. The van der Waals surface area contributed by atoms with Crippen molar-refractivity contribution in [2.45, 2.75) is 11.6 Å². The fourth-order valence-electron chi connectivity index (χ4n) is 3.25. The second-order valence-electron chi connectivity index (χ2n) is 6.50. The number of rotatable bonds is 4. The first-order chi connectivity index (χ1) is 13.4. The molecule has 4 rings (SSSR count). The van der Waals surface area contributed by atoms with Crippen LogP contribution >= 0.6 is 0 Å². The molecule has 1 aliphatic heterocycles. The average molecular weight is 409 g/mol.